The number of esters is 3. The third kappa shape index (κ3) is 57.0. The molecule has 0 heterocycles. The zero-order chi connectivity index (χ0) is 52.2. The molecule has 0 amide bonds. The van der Waals surface area contributed by atoms with Crippen molar-refractivity contribution in [3.8, 4) is 0 Å². The van der Waals surface area contributed by atoms with Crippen molar-refractivity contribution in [3.63, 3.8) is 0 Å². The van der Waals surface area contributed by atoms with E-state index < -0.39 is 6.10 Å². The summed E-state index contributed by atoms with van der Waals surface area (Å²) in [5, 5.41) is 0. The van der Waals surface area contributed by atoms with E-state index >= 15 is 0 Å². The standard InChI is InChI=1S/C66H110O6/c1-4-7-10-13-16-18-20-22-23-24-25-26-27-28-29-30-31-32-33-34-35-36-37-38-39-40-41-42-43-45-46-48-50-53-56-59-65(68)71-62-63(61-70-64(67)58-55-52-15-12-9-6-3)72-66(69)60-57-54-51-49-47-44-21-19-17-14-11-8-5-2/h7-8,10-11,16-19,22-23,25-26,28-29,31-32,44,47,63H,4-6,9,12-15,20-21,24,27,30,33-43,45-46,48-62H2,1-3H3/b10-7-,11-8-,18-16-,19-17-,23-22-,26-25-,29-28-,32-31-,47-44-. The van der Waals surface area contributed by atoms with Gasteiger partial charge in [0.2, 0.25) is 0 Å². The molecule has 72 heavy (non-hydrogen) atoms. The van der Waals surface area contributed by atoms with Crippen LogP contribution in [0.25, 0.3) is 0 Å². The number of unbranched alkanes of at least 4 members (excludes halogenated alkanes) is 24. The SMILES string of the molecule is CC/C=C\C/C=C\C/C=C\C/C=C\C/C=C\C/C=C\CCCCCCCCCCCCCCCCCCC(=O)OCC(COC(=O)CCCCCCCC)OC(=O)CCCCC/C=C\C/C=C\C/C=C\CC. The van der Waals surface area contributed by atoms with Crippen molar-refractivity contribution < 1.29 is 28.6 Å². The van der Waals surface area contributed by atoms with Crippen LogP contribution in [-0.2, 0) is 28.6 Å². The van der Waals surface area contributed by atoms with Crippen molar-refractivity contribution in [1.82, 2.24) is 0 Å². The fraction of sp³-hybridized carbons (Fsp3) is 0.682. The van der Waals surface area contributed by atoms with Crippen LogP contribution in [0, 0.1) is 0 Å². The van der Waals surface area contributed by atoms with Crippen molar-refractivity contribution in [1.29, 1.82) is 0 Å². The molecule has 0 saturated heterocycles. The largest absolute Gasteiger partial charge is 0.462 e. The third-order valence-corrected chi connectivity index (χ3v) is 12.5. The van der Waals surface area contributed by atoms with E-state index in [2.05, 4.69) is 130 Å². The molecule has 1 unspecified atom stereocenters. The highest BCUT2D eigenvalue weighted by Gasteiger charge is 2.19. The van der Waals surface area contributed by atoms with Crippen LogP contribution in [0.2, 0.25) is 0 Å². The highest BCUT2D eigenvalue weighted by molar-refractivity contribution is 5.71. The minimum absolute atomic E-state index is 0.0880. The molecular formula is C66H110O6. The predicted molar refractivity (Wildman–Crippen MR) is 311 cm³/mol. The van der Waals surface area contributed by atoms with Crippen molar-refractivity contribution in [2.45, 2.75) is 277 Å². The molecule has 0 aliphatic heterocycles. The normalized spacial score (nSPS) is 12.9. The fourth-order valence-electron chi connectivity index (χ4n) is 8.11. The Kier molecular flexibility index (Phi) is 56.4. The maximum atomic E-state index is 12.7. The summed E-state index contributed by atoms with van der Waals surface area (Å²) in [6, 6.07) is 0. The van der Waals surface area contributed by atoms with E-state index in [-0.39, 0.29) is 31.1 Å². The average molecular weight is 1000 g/mol. The lowest BCUT2D eigenvalue weighted by Crippen LogP contribution is -2.30. The van der Waals surface area contributed by atoms with Crippen molar-refractivity contribution in [3.05, 3.63) is 109 Å². The summed E-state index contributed by atoms with van der Waals surface area (Å²) < 4.78 is 16.7. The van der Waals surface area contributed by atoms with Gasteiger partial charge in [0.25, 0.3) is 0 Å². The van der Waals surface area contributed by atoms with E-state index in [1.54, 1.807) is 0 Å². The Labute approximate surface area is 444 Å². The van der Waals surface area contributed by atoms with E-state index in [9.17, 15) is 14.4 Å². The highest BCUT2D eigenvalue weighted by Crippen LogP contribution is 2.16. The molecule has 0 aromatic rings. The molecule has 0 aliphatic carbocycles. The van der Waals surface area contributed by atoms with Crippen LogP contribution in [0.15, 0.2) is 109 Å². The number of carbonyl (C=O) groups is 3. The van der Waals surface area contributed by atoms with Crippen molar-refractivity contribution >= 4 is 17.9 Å². The molecule has 0 radical (unpaired) electrons. The molecule has 0 aliphatic rings. The summed E-state index contributed by atoms with van der Waals surface area (Å²) in [5.74, 6) is -0.926. The van der Waals surface area contributed by atoms with Gasteiger partial charge in [0.15, 0.2) is 6.10 Å². The van der Waals surface area contributed by atoms with Gasteiger partial charge in [-0.2, -0.15) is 0 Å². The molecule has 0 fully saturated rings. The van der Waals surface area contributed by atoms with Gasteiger partial charge < -0.3 is 14.2 Å². The lowest BCUT2D eigenvalue weighted by molar-refractivity contribution is -0.167. The Balaban J connectivity index is 3.97. The first-order valence-electron chi connectivity index (χ1n) is 29.9. The average Bonchev–Trinajstić information content (AvgIpc) is 3.38. The molecule has 0 spiro atoms. The number of hydrogen-bond donors (Lipinski definition) is 0. The lowest BCUT2D eigenvalue weighted by atomic mass is 10.0. The molecule has 0 bridgehead atoms. The van der Waals surface area contributed by atoms with Gasteiger partial charge in [-0.05, 0) is 103 Å². The van der Waals surface area contributed by atoms with E-state index in [1.165, 1.54) is 109 Å². The summed E-state index contributed by atoms with van der Waals surface area (Å²) in [7, 11) is 0. The highest BCUT2D eigenvalue weighted by atomic mass is 16.6. The molecule has 6 heteroatoms. The lowest BCUT2D eigenvalue weighted by Gasteiger charge is -2.18. The number of carbonyl (C=O) groups excluding carboxylic acids is 3. The van der Waals surface area contributed by atoms with Crippen LogP contribution >= 0.6 is 0 Å². The second-order valence-corrected chi connectivity index (χ2v) is 19.5. The van der Waals surface area contributed by atoms with E-state index in [0.717, 1.165) is 122 Å². The first-order chi connectivity index (χ1) is 35.5. The van der Waals surface area contributed by atoms with E-state index in [4.69, 9.17) is 14.2 Å². The number of ether oxygens (including phenoxy) is 3. The Morgan fingerprint density at radius 1 is 0.292 bits per heavy atom. The molecule has 0 N–H and O–H groups in total. The van der Waals surface area contributed by atoms with Crippen LogP contribution in [-0.4, -0.2) is 37.2 Å². The van der Waals surface area contributed by atoms with Gasteiger partial charge in [-0.1, -0.05) is 259 Å². The second-order valence-electron chi connectivity index (χ2n) is 19.5. The molecule has 1 atom stereocenters. The third-order valence-electron chi connectivity index (χ3n) is 12.5. The molecule has 6 nitrogen and oxygen atoms in total. The molecular weight excluding hydrogens is 889 g/mol. The van der Waals surface area contributed by atoms with Crippen molar-refractivity contribution in [2.24, 2.45) is 0 Å². The maximum Gasteiger partial charge on any atom is 0.306 e. The van der Waals surface area contributed by atoms with Gasteiger partial charge >= 0.3 is 17.9 Å². The van der Waals surface area contributed by atoms with Crippen molar-refractivity contribution in [2.75, 3.05) is 13.2 Å². The van der Waals surface area contributed by atoms with Gasteiger partial charge in [-0.15, -0.1) is 0 Å². The second kappa shape index (κ2) is 59.6. The summed E-state index contributed by atoms with van der Waals surface area (Å²) >= 11 is 0. The molecule has 0 rings (SSSR count). The van der Waals surface area contributed by atoms with Gasteiger partial charge in [-0.3, -0.25) is 14.4 Å². The first-order valence-corrected chi connectivity index (χ1v) is 29.9. The van der Waals surface area contributed by atoms with Crippen LogP contribution < -0.4 is 0 Å². The fourth-order valence-corrected chi connectivity index (χ4v) is 8.11. The molecule has 410 valence electrons. The Bertz CT molecular complexity index is 1470. The Morgan fingerprint density at radius 2 is 0.542 bits per heavy atom. The van der Waals surface area contributed by atoms with Gasteiger partial charge in [0.05, 0.1) is 0 Å². The summed E-state index contributed by atoms with van der Waals surface area (Å²) in [6.07, 6.45) is 81.4. The molecule has 0 aromatic heterocycles. The van der Waals surface area contributed by atoms with Gasteiger partial charge in [-0.25, -0.2) is 0 Å². The first kappa shape index (κ1) is 68.1. The number of rotatable bonds is 53. The topological polar surface area (TPSA) is 78.9 Å². The Morgan fingerprint density at radius 3 is 0.861 bits per heavy atom. The zero-order valence-corrected chi connectivity index (χ0v) is 46.9. The van der Waals surface area contributed by atoms with Gasteiger partial charge in [0, 0.05) is 19.3 Å². The number of allylic oxidation sites excluding steroid dienone is 18. The molecule has 0 saturated carbocycles. The van der Waals surface area contributed by atoms with Crippen LogP contribution in [0.4, 0.5) is 0 Å². The zero-order valence-electron chi connectivity index (χ0n) is 46.9. The monoisotopic (exact) mass is 999 g/mol. The maximum absolute atomic E-state index is 12.7. The Hall–Kier alpha value is -3.93. The van der Waals surface area contributed by atoms with Crippen LogP contribution in [0.3, 0.4) is 0 Å². The predicted octanol–water partition coefficient (Wildman–Crippen LogP) is 20.3. The van der Waals surface area contributed by atoms with E-state index in [1.807, 2.05) is 0 Å². The summed E-state index contributed by atoms with van der Waals surface area (Å²) in [6.45, 7) is 6.32. The summed E-state index contributed by atoms with van der Waals surface area (Å²) in [4.78, 5) is 37.8. The van der Waals surface area contributed by atoms with Crippen LogP contribution in [0.5, 0.6) is 0 Å². The van der Waals surface area contributed by atoms with Gasteiger partial charge in [0.1, 0.15) is 13.2 Å². The quantitative estimate of drug-likeness (QED) is 0.0261. The summed E-state index contributed by atoms with van der Waals surface area (Å²) in [5.41, 5.74) is 0. The van der Waals surface area contributed by atoms with Crippen LogP contribution in [0.1, 0.15) is 271 Å². The smallest absolute Gasteiger partial charge is 0.306 e. The minimum Gasteiger partial charge on any atom is -0.462 e. The number of hydrogen-bond acceptors (Lipinski definition) is 6. The van der Waals surface area contributed by atoms with E-state index in [0.29, 0.717) is 19.3 Å². The molecule has 0 aromatic carbocycles. The minimum atomic E-state index is -0.788.